The van der Waals surface area contributed by atoms with Crippen LogP contribution in [-0.4, -0.2) is 39.4 Å². The number of carbonyl (C=O) groups is 3. The van der Waals surface area contributed by atoms with Crippen molar-refractivity contribution in [2.24, 2.45) is 0 Å². The number of nitrogens with zero attached hydrogens (tertiary/aromatic N) is 2. The fraction of sp³-hybridized carbons (Fsp3) is 0.250. The molecular formula is C20H16ClN3O3S. The molecule has 0 bridgehead atoms. The number of hydrogen-bond acceptors (Lipinski definition) is 4. The molecule has 2 atom stereocenters. The Hall–Kier alpha value is -2.51. The minimum Gasteiger partial charge on any atom is -0.323 e. The van der Waals surface area contributed by atoms with E-state index in [9.17, 15) is 14.4 Å². The fourth-order valence-corrected chi connectivity index (χ4v) is 5.76. The Morgan fingerprint density at radius 2 is 1.93 bits per heavy atom. The molecule has 0 aliphatic carbocycles. The van der Waals surface area contributed by atoms with Crippen molar-refractivity contribution in [2.75, 3.05) is 11.1 Å². The number of halogens is 1. The molecule has 6 nitrogen and oxygen atoms in total. The van der Waals surface area contributed by atoms with Gasteiger partial charge in [0.15, 0.2) is 4.87 Å². The monoisotopic (exact) mass is 413 g/mol. The Labute approximate surface area is 170 Å². The maximum Gasteiger partial charge on any atom is 0.329 e. The third-order valence-corrected chi connectivity index (χ3v) is 7.19. The highest BCUT2D eigenvalue weighted by Gasteiger charge is 2.66. The molecule has 0 radical (unpaired) electrons. The van der Waals surface area contributed by atoms with Gasteiger partial charge in [0.1, 0.15) is 6.04 Å². The fourth-order valence-electron chi connectivity index (χ4n) is 4.09. The van der Waals surface area contributed by atoms with E-state index in [1.54, 1.807) is 24.3 Å². The number of anilines is 1. The van der Waals surface area contributed by atoms with Crippen LogP contribution in [0.5, 0.6) is 0 Å². The number of benzene rings is 2. The van der Waals surface area contributed by atoms with Gasteiger partial charge >= 0.3 is 6.03 Å². The van der Waals surface area contributed by atoms with Crippen molar-refractivity contribution in [3.8, 4) is 0 Å². The largest absolute Gasteiger partial charge is 0.329 e. The number of carbonyl (C=O) groups excluding carboxylic acids is 3. The highest BCUT2D eigenvalue weighted by atomic mass is 35.5. The van der Waals surface area contributed by atoms with Crippen molar-refractivity contribution in [2.45, 2.75) is 24.4 Å². The van der Waals surface area contributed by atoms with E-state index in [1.807, 2.05) is 25.1 Å². The summed E-state index contributed by atoms with van der Waals surface area (Å²) in [5.41, 5.74) is 3.25. The standard InChI is InChI=1S/C20H16ClN3O3S/c1-11-2-7-15-14(8-11)20(18(26)22-15)24-16(10-28-20)17(25)23(19(24)27)9-12-3-5-13(21)6-4-12/h2-8,16H,9-10H2,1H3,(H,22,26)/t16-,20+/m0/s1. The zero-order valence-corrected chi connectivity index (χ0v) is 16.5. The molecule has 1 N–H and O–H groups in total. The van der Waals surface area contributed by atoms with E-state index >= 15 is 0 Å². The predicted octanol–water partition coefficient (Wildman–Crippen LogP) is 3.33. The van der Waals surface area contributed by atoms with Gasteiger partial charge in [-0.15, -0.1) is 11.8 Å². The molecular weight excluding hydrogens is 398 g/mol. The highest BCUT2D eigenvalue weighted by molar-refractivity contribution is 8.01. The van der Waals surface area contributed by atoms with Gasteiger partial charge in [-0.2, -0.15) is 0 Å². The number of urea groups is 1. The lowest BCUT2D eigenvalue weighted by Gasteiger charge is -2.31. The Kier molecular flexibility index (Phi) is 3.76. The van der Waals surface area contributed by atoms with Crippen molar-refractivity contribution in [3.63, 3.8) is 0 Å². The van der Waals surface area contributed by atoms with Gasteiger partial charge in [-0.25, -0.2) is 4.79 Å². The van der Waals surface area contributed by atoms with Gasteiger partial charge in [0.05, 0.1) is 6.54 Å². The number of amides is 4. The lowest BCUT2D eigenvalue weighted by Crippen LogP contribution is -2.49. The van der Waals surface area contributed by atoms with Gasteiger partial charge in [-0.3, -0.25) is 19.4 Å². The van der Waals surface area contributed by atoms with E-state index in [1.165, 1.54) is 21.6 Å². The van der Waals surface area contributed by atoms with E-state index in [0.717, 1.165) is 16.7 Å². The van der Waals surface area contributed by atoms with E-state index in [-0.39, 0.29) is 18.4 Å². The van der Waals surface area contributed by atoms with Crippen molar-refractivity contribution in [1.82, 2.24) is 9.80 Å². The van der Waals surface area contributed by atoms with Crippen molar-refractivity contribution in [3.05, 3.63) is 64.2 Å². The number of imide groups is 1. The SMILES string of the molecule is Cc1ccc2c(c1)[C@@]1(SC[C@H]3C(=O)N(Cc4ccc(Cl)cc4)C(=O)N31)C(=O)N2. The summed E-state index contributed by atoms with van der Waals surface area (Å²) in [6.45, 7) is 2.10. The molecule has 8 heteroatoms. The molecule has 4 amide bonds. The average molecular weight is 414 g/mol. The molecule has 3 aliphatic rings. The minimum absolute atomic E-state index is 0.158. The molecule has 3 heterocycles. The summed E-state index contributed by atoms with van der Waals surface area (Å²) in [5, 5.41) is 3.47. The Morgan fingerprint density at radius 1 is 1.18 bits per heavy atom. The van der Waals surface area contributed by atoms with Gasteiger partial charge < -0.3 is 5.32 Å². The second-order valence-electron chi connectivity index (χ2n) is 7.18. The molecule has 1 spiro atoms. The molecule has 2 saturated heterocycles. The molecule has 2 aromatic carbocycles. The van der Waals surface area contributed by atoms with E-state index in [0.29, 0.717) is 16.5 Å². The van der Waals surface area contributed by atoms with Gasteiger partial charge in [0.25, 0.3) is 11.8 Å². The highest BCUT2D eigenvalue weighted by Crippen LogP contribution is 2.56. The topological polar surface area (TPSA) is 69.7 Å². The zero-order chi connectivity index (χ0) is 19.6. The third kappa shape index (κ3) is 2.26. The third-order valence-electron chi connectivity index (χ3n) is 5.44. The average Bonchev–Trinajstić information content (AvgIpc) is 3.27. The summed E-state index contributed by atoms with van der Waals surface area (Å²) >= 11 is 7.27. The van der Waals surface area contributed by atoms with Crippen LogP contribution in [0.3, 0.4) is 0 Å². The number of hydrogen-bond donors (Lipinski definition) is 1. The summed E-state index contributed by atoms with van der Waals surface area (Å²) < 4.78 is 0. The normalized spacial score (nSPS) is 25.5. The Balaban J connectivity index is 1.54. The molecule has 2 fully saturated rings. The van der Waals surface area contributed by atoms with E-state index < -0.39 is 16.9 Å². The molecule has 0 unspecified atom stereocenters. The van der Waals surface area contributed by atoms with E-state index in [4.69, 9.17) is 11.6 Å². The van der Waals surface area contributed by atoms with Crippen LogP contribution in [0.1, 0.15) is 16.7 Å². The maximum atomic E-state index is 13.3. The van der Waals surface area contributed by atoms with Crippen LogP contribution in [-0.2, 0) is 21.0 Å². The van der Waals surface area contributed by atoms with Crippen LogP contribution in [0, 0.1) is 6.92 Å². The van der Waals surface area contributed by atoms with Crippen LogP contribution < -0.4 is 5.32 Å². The van der Waals surface area contributed by atoms with Crippen molar-refractivity contribution >= 4 is 46.9 Å². The molecule has 2 aromatic rings. The van der Waals surface area contributed by atoms with Gasteiger partial charge in [-0.05, 0) is 30.7 Å². The molecule has 3 aliphatic heterocycles. The summed E-state index contributed by atoms with van der Waals surface area (Å²) in [6.07, 6.45) is 0. The smallest absolute Gasteiger partial charge is 0.323 e. The first-order valence-corrected chi connectivity index (χ1v) is 10.2. The summed E-state index contributed by atoms with van der Waals surface area (Å²) in [6, 6.07) is 11.6. The minimum atomic E-state index is -1.19. The summed E-state index contributed by atoms with van der Waals surface area (Å²) in [5.74, 6) is -0.143. The van der Waals surface area contributed by atoms with Crippen molar-refractivity contribution in [1.29, 1.82) is 0 Å². The van der Waals surface area contributed by atoms with E-state index in [2.05, 4.69) is 5.32 Å². The number of thioether (sulfide) groups is 1. The van der Waals surface area contributed by atoms with Crippen LogP contribution in [0.25, 0.3) is 0 Å². The first-order valence-electron chi connectivity index (χ1n) is 8.87. The summed E-state index contributed by atoms with van der Waals surface area (Å²) in [7, 11) is 0. The Morgan fingerprint density at radius 3 is 2.68 bits per heavy atom. The van der Waals surface area contributed by atoms with Crippen LogP contribution in [0.2, 0.25) is 5.02 Å². The van der Waals surface area contributed by atoms with Gasteiger partial charge in [-0.1, -0.05) is 41.4 Å². The molecule has 142 valence electrons. The summed E-state index contributed by atoms with van der Waals surface area (Å²) in [4.78, 5) is 40.8. The van der Waals surface area contributed by atoms with Crippen molar-refractivity contribution < 1.29 is 14.4 Å². The number of rotatable bonds is 2. The number of nitrogens with one attached hydrogen (secondary N) is 1. The second-order valence-corrected chi connectivity index (χ2v) is 8.83. The lowest BCUT2D eigenvalue weighted by molar-refractivity contribution is -0.128. The molecule has 5 rings (SSSR count). The molecule has 28 heavy (non-hydrogen) atoms. The molecule has 0 saturated carbocycles. The quantitative estimate of drug-likeness (QED) is 0.767. The lowest BCUT2D eigenvalue weighted by atomic mass is 10.0. The Bertz CT molecular complexity index is 1040. The van der Waals surface area contributed by atoms with Crippen LogP contribution in [0.15, 0.2) is 42.5 Å². The maximum absolute atomic E-state index is 13.3. The van der Waals surface area contributed by atoms with Gasteiger partial charge in [0.2, 0.25) is 0 Å². The number of aryl methyl sites for hydroxylation is 1. The first-order chi connectivity index (χ1) is 13.4. The van der Waals surface area contributed by atoms with Crippen LogP contribution in [0.4, 0.5) is 10.5 Å². The first kappa shape index (κ1) is 17.6. The van der Waals surface area contributed by atoms with Crippen LogP contribution >= 0.6 is 23.4 Å². The predicted molar refractivity (Wildman–Crippen MR) is 107 cm³/mol. The van der Waals surface area contributed by atoms with Gasteiger partial charge in [0, 0.05) is 22.0 Å². The zero-order valence-electron chi connectivity index (χ0n) is 14.9. The second kappa shape index (κ2) is 5.99. The molecule has 0 aromatic heterocycles. The number of fused-ring (bicyclic) bond motifs is 4.